The Kier molecular flexibility index (Phi) is 6.96. The molecule has 6 atom stereocenters. The second-order valence-electron chi connectivity index (χ2n) is 5.93. The van der Waals surface area contributed by atoms with E-state index in [2.05, 4.69) is 16.6 Å². The van der Waals surface area contributed by atoms with Crippen LogP contribution in [-0.4, -0.2) is 89.5 Å². The maximum absolute atomic E-state index is 11.8. The van der Waals surface area contributed by atoms with Gasteiger partial charge in [-0.15, -0.1) is 0 Å². The van der Waals surface area contributed by atoms with Gasteiger partial charge >= 0.3 is 23.4 Å². The summed E-state index contributed by atoms with van der Waals surface area (Å²) < 4.78 is 21.7. The van der Waals surface area contributed by atoms with Crippen LogP contribution in [0.3, 0.4) is 0 Å². The number of aliphatic imine (C=N–C) groups is 1. The Hall–Kier alpha value is -2.95. The van der Waals surface area contributed by atoms with Crippen molar-refractivity contribution in [3.63, 3.8) is 0 Å². The van der Waals surface area contributed by atoms with E-state index in [1.807, 2.05) is 0 Å². The van der Waals surface area contributed by atoms with E-state index in [9.17, 15) is 19.5 Å². The zero-order chi connectivity index (χ0) is 21.7. The van der Waals surface area contributed by atoms with Gasteiger partial charge in [0.25, 0.3) is 6.57 Å². The van der Waals surface area contributed by atoms with Crippen molar-refractivity contribution in [2.75, 3.05) is 13.2 Å². The third-order valence-corrected chi connectivity index (χ3v) is 4.26. The number of aliphatic hydroxyl groups is 2. The van der Waals surface area contributed by atoms with Crippen LogP contribution in [0.15, 0.2) is 29.3 Å². The number of fused-ring (bicyclic) bond motifs is 1. The van der Waals surface area contributed by atoms with E-state index in [4.69, 9.17) is 35.7 Å². The molecule has 12 heteroatoms. The fraction of sp³-hybridized carbons (Fsp3) is 0.471. The molecule has 156 valence electrons. The summed E-state index contributed by atoms with van der Waals surface area (Å²) in [6.07, 6.45) is -1.83. The Morgan fingerprint density at radius 1 is 1.24 bits per heavy atom. The summed E-state index contributed by atoms with van der Waals surface area (Å²) in [6, 6.07) is 0. The highest BCUT2D eigenvalue weighted by atomic mass is 16.7. The molecule has 29 heavy (non-hydrogen) atoms. The van der Waals surface area contributed by atoms with Crippen LogP contribution in [0.4, 0.5) is 0 Å². The molecule has 0 aromatic carbocycles. The number of nitrogens with zero attached hydrogens (tertiary/aromatic N) is 2. The lowest BCUT2D eigenvalue weighted by Crippen LogP contribution is -2.56. The van der Waals surface area contributed by atoms with Gasteiger partial charge < -0.3 is 34.3 Å². The van der Waals surface area contributed by atoms with Gasteiger partial charge in [0.1, 0.15) is 12.2 Å². The van der Waals surface area contributed by atoms with Crippen LogP contribution >= 0.6 is 0 Å². The van der Waals surface area contributed by atoms with E-state index in [0.717, 1.165) is 12.2 Å². The number of hydrogen-bond acceptors (Lipinski definition) is 10. The van der Waals surface area contributed by atoms with Crippen molar-refractivity contribution in [1.82, 2.24) is 0 Å². The molecule has 0 amide bonds. The number of aldehydes is 1. The maximum Gasteiger partial charge on any atom is 0.475 e. The lowest BCUT2D eigenvalue weighted by molar-refractivity contribution is -0.169. The first-order chi connectivity index (χ1) is 13.7. The first-order valence-electron chi connectivity index (χ1n) is 8.19. The zero-order valence-corrected chi connectivity index (χ0v) is 15.0. The SMILES string of the molecule is C#[N+][C@]12OC[C@@H](OC(O)/C=C\C(O)C=O)[C@@]1(N=C)OC[C@H]2OC(=O)/C=C\C(=O)O. The number of rotatable bonds is 9. The maximum atomic E-state index is 11.8. The van der Waals surface area contributed by atoms with Crippen LogP contribution in [-0.2, 0) is 33.3 Å². The van der Waals surface area contributed by atoms with Gasteiger partial charge in [0.05, 0.1) is 13.2 Å². The van der Waals surface area contributed by atoms with Crippen LogP contribution in [0.1, 0.15) is 0 Å². The highest BCUT2D eigenvalue weighted by molar-refractivity contribution is 5.90. The molecule has 2 fully saturated rings. The summed E-state index contributed by atoms with van der Waals surface area (Å²) in [5, 5.41) is 27.7. The van der Waals surface area contributed by atoms with Crippen molar-refractivity contribution in [3.05, 3.63) is 29.1 Å². The van der Waals surface area contributed by atoms with Gasteiger partial charge in [0.2, 0.25) is 6.10 Å². The number of carbonyl (C=O) groups excluding carboxylic acids is 2. The van der Waals surface area contributed by atoms with E-state index < -0.39 is 48.0 Å². The molecule has 2 unspecified atom stereocenters. The van der Waals surface area contributed by atoms with Crippen molar-refractivity contribution in [3.8, 4) is 6.57 Å². The normalized spacial score (nSPS) is 33.1. The summed E-state index contributed by atoms with van der Waals surface area (Å²) >= 11 is 0. The molecule has 0 saturated carbocycles. The monoisotopic (exact) mass is 411 g/mol. The second kappa shape index (κ2) is 9.03. The van der Waals surface area contributed by atoms with Gasteiger partial charge in [-0.3, -0.25) is 9.73 Å². The van der Waals surface area contributed by atoms with Crippen molar-refractivity contribution in [1.29, 1.82) is 0 Å². The van der Waals surface area contributed by atoms with Gasteiger partial charge in [0, 0.05) is 12.2 Å². The van der Waals surface area contributed by atoms with Gasteiger partial charge in [-0.25, -0.2) is 9.59 Å². The number of aliphatic carboxylic acids is 1. The molecular weight excluding hydrogens is 392 g/mol. The average molecular weight is 411 g/mol. The van der Waals surface area contributed by atoms with Crippen LogP contribution in [0, 0.1) is 6.57 Å². The molecule has 2 aliphatic rings. The Morgan fingerprint density at radius 3 is 2.52 bits per heavy atom. The van der Waals surface area contributed by atoms with Gasteiger partial charge in [-0.1, -0.05) is 0 Å². The molecule has 2 saturated heterocycles. The van der Waals surface area contributed by atoms with E-state index in [-0.39, 0.29) is 19.5 Å². The number of carbonyl (C=O) groups is 3. The summed E-state index contributed by atoms with van der Waals surface area (Å²) in [4.78, 5) is 40.3. The average Bonchev–Trinajstić information content (AvgIpc) is 3.18. The Bertz CT molecular complexity index is 775. The first kappa shape index (κ1) is 22.3. The van der Waals surface area contributed by atoms with Crippen molar-refractivity contribution in [2.45, 2.75) is 36.1 Å². The molecule has 0 aromatic heterocycles. The molecule has 0 radical (unpaired) electrons. The van der Waals surface area contributed by atoms with E-state index in [1.165, 1.54) is 0 Å². The van der Waals surface area contributed by atoms with Crippen LogP contribution in [0.25, 0.3) is 4.85 Å². The molecule has 3 N–H and O–H groups in total. The predicted molar refractivity (Wildman–Crippen MR) is 94.0 cm³/mol. The fourth-order valence-electron chi connectivity index (χ4n) is 2.99. The molecule has 0 spiro atoms. The second-order valence-corrected chi connectivity index (χ2v) is 5.93. The predicted octanol–water partition coefficient (Wildman–Crippen LogP) is -1.53. The van der Waals surface area contributed by atoms with E-state index in [1.54, 1.807) is 0 Å². The molecular formula is C17H19N2O10+. The largest absolute Gasteiger partial charge is 0.478 e. The van der Waals surface area contributed by atoms with Crippen molar-refractivity contribution < 1.29 is 48.7 Å². The Balaban J connectivity index is 2.20. The van der Waals surface area contributed by atoms with Gasteiger partial charge in [-0.05, 0) is 23.7 Å². The van der Waals surface area contributed by atoms with Crippen LogP contribution in [0.2, 0.25) is 0 Å². The van der Waals surface area contributed by atoms with Crippen LogP contribution < -0.4 is 0 Å². The Labute approximate surface area is 164 Å². The number of hydrogen-bond donors (Lipinski definition) is 3. The molecule has 2 heterocycles. The fourth-order valence-corrected chi connectivity index (χ4v) is 2.99. The topological polar surface area (TPSA) is 166 Å². The summed E-state index contributed by atoms with van der Waals surface area (Å²) in [5.74, 6) is -2.36. The number of esters is 1. The molecule has 2 rings (SSSR count). The number of ether oxygens (including phenoxy) is 4. The first-order valence-corrected chi connectivity index (χ1v) is 8.19. The minimum Gasteiger partial charge on any atom is -0.478 e. The summed E-state index contributed by atoms with van der Waals surface area (Å²) in [6.45, 7) is 8.37. The third-order valence-electron chi connectivity index (χ3n) is 4.26. The minimum absolute atomic E-state index is 0.241. The van der Waals surface area contributed by atoms with E-state index >= 15 is 0 Å². The van der Waals surface area contributed by atoms with Gasteiger partial charge in [0.15, 0.2) is 12.6 Å². The number of carboxylic acids is 1. The van der Waals surface area contributed by atoms with Gasteiger partial charge in [-0.2, -0.15) is 0 Å². The Morgan fingerprint density at radius 2 is 1.93 bits per heavy atom. The minimum atomic E-state index is -1.86. The molecule has 0 aromatic rings. The lowest BCUT2D eigenvalue weighted by atomic mass is 9.95. The van der Waals surface area contributed by atoms with Crippen molar-refractivity contribution in [2.24, 2.45) is 4.99 Å². The highest BCUT2D eigenvalue weighted by Gasteiger charge is 2.82. The molecule has 0 bridgehead atoms. The lowest BCUT2D eigenvalue weighted by Gasteiger charge is -2.27. The number of aliphatic hydroxyl groups excluding tert-OH is 2. The molecule has 2 aliphatic heterocycles. The van der Waals surface area contributed by atoms with Crippen LogP contribution in [0.5, 0.6) is 0 Å². The molecule has 12 nitrogen and oxygen atoms in total. The quantitative estimate of drug-likeness (QED) is 0.101. The summed E-state index contributed by atoms with van der Waals surface area (Å²) in [5.41, 5.74) is -3.65. The van der Waals surface area contributed by atoms with Crippen molar-refractivity contribution >= 4 is 24.9 Å². The smallest absolute Gasteiger partial charge is 0.475 e. The highest BCUT2D eigenvalue weighted by Crippen LogP contribution is 2.50. The standard InChI is InChI=1S/C17H18N2O10/c1-18-16-11(28-14(24)5-3-10(21)7-20)8-26-17(16,19-2)12(9-27-16)29-15(25)6-4-13(22)23/h2-7,10-12,14,21,24H,1,8-9H2/p+1/b5-3-,6-4-/t10?,11-,12-,14?,16-,17-/m1/s1. The zero-order valence-electron chi connectivity index (χ0n) is 15.0. The van der Waals surface area contributed by atoms with E-state index in [0.29, 0.717) is 12.2 Å². The summed E-state index contributed by atoms with van der Waals surface area (Å²) in [7, 11) is 0. The third kappa shape index (κ3) is 4.24. The number of carboxylic acid groups (broad SMARTS) is 1. The molecule has 0 aliphatic carbocycles.